The van der Waals surface area contributed by atoms with Gasteiger partial charge < -0.3 is 14.6 Å². The van der Waals surface area contributed by atoms with Gasteiger partial charge in [-0.3, -0.25) is 9.48 Å². The summed E-state index contributed by atoms with van der Waals surface area (Å²) < 4.78 is 9.79. The van der Waals surface area contributed by atoms with Gasteiger partial charge >= 0.3 is 0 Å². The molecule has 4 heterocycles. The van der Waals surface area contributed by atoms with E-state index in [9.17, 15) is 4.79 Å². The molecule has 1 aliphatic rings. The van der Waals surface area contributed by atoms with Gasteiger partial charge in [0.25, 0.3) is 5.91 Å². The van der Waals surface area contributed by atoms with Gasteiger partial charge in [-0.15, -0.1) is 10.2 Å². The van der Waals surface area contributed by atoms with Crippen molar-refractivity contribution in [3.8, 4) is 28.4 Å². The number of carbonyl (C=O) groups excluding carboxylic acids is 1. The lowest BCUT2D eigenvalue weighted by molar-refractivity contribution is 0.102. The maximum Gasteiger partial charge on any atom is 0.260 e. The van der Waals surface area contributed by atoms with Crippen LogP contribution in [0.1, 0.15) is 28.9 Å². The van der Waals surface area contributed by atoms with E-state index < -0.39 is 0 Å². The van der Waals surface area contributed by atoms with Crippen molar-refractivity contribution in [3.63, 3.8) is 0 Å². The lowest BCUT2D eigenvalue weighted by Crippen LogP contribution is -2.16. The normalized spacial score (nSPS) is 14.0. The van der Waals surface area contributed by atoms with E-state index in [1.54, 1.807) is 18.6 Å². The largest absolute Gasteiger partial charge is 0.493 e. The minimum Gasteiger partial charge on any atom is -0.493 e. The summed E-state index contributed by atoms with van der Waals surface area (Å²) in [5.74, 6) is 1.37. The zero-order valence-electron chi connectivity index (χ0n) is 17.9. The number of nitrogens with zero attached hydrogens (tertiary/aromatic N) is 6. The Morgan fingerprint density at radius 1 is 1.12 bits per heavy atom. The van der Waals surface area contributed by atoms with Gasteiger partial charge in [0.05, 0.1) is 18.4 Å². The fourth-order valence-electron chi connectivity index (χ4n) is 3.78. The van der Waals surface area contributed by atoms with Crippen LogP contribution in [0.3, 0.4) is 0 Å². The van der Waals surface area contributed by atoms with Gasteiger partial charge in [0, 0.05) is 24.8 Å². The van der Waals surface area contributed by atoms with Crippen molar-refractivity contribution < 1.29 is 9.53 Å². The molecule has 2 bridgehead atoms. The monoisotopic (exact) mass is 429 g/mol. The molecule has 9 nitrogen and oxygen atoms in total. The highest BCUT2D eigenvalue weighted by Crippen LogP contribution is 2.30. The third-order valence-corrected chi connectivity index (χ3v) is 5.66. The van der Waals surface area contributed by atoms with Crippen molar-refractivity contribution in [1.82, 2.24) is 29.5 Å². The molecule has 3 aromatic heterocycles. The number of hydrogen-bond donors (Lipinski definition) is 1. The van der Waals surface area contributed by atoms with Crippen molar-refractivity contribution >= 4 is 11.7 Å². The molecule has 0 saturated carbocycles. The van der Waals surface area contributed by atoms with Crippen LogP contribution in [-0.4, -0.2) is 42.0 Å². The molecule has 4 aromatic rings. The van der Waals surface area contributed by atoms with E-state index in [2.05, 4.69) is 25.6 Å². The highest BCUT2D eigenvalue weighted by atomic mass is 16.5. The molecule has 0 aliphatic carbocycles. The number of nitrogens with one attached hydrogen (secondary N) is 1. The highest BCUT2D eigenvalue weighted by Gasteiger charge is 2.18. The Labute approximate surface area is 185 Å². The average molecular weight is 429 g/mol. The zero-order chi connectivity index (χ0) is 22.1. The van der Waals surface area contributed by atoms with Crippen molar-refractivity contribution in [2.24, 2.45) is 7.05 Å². The molecule has 0 atom stereocenters. The van der Waals surface area contributed by atoms with Gasteiger partial charge in [0.1, 0.15) is 23.6 Å². The maximum absolute atomic E-state index is 13.3. The Hall–Kier alpha value is -4.01. The number of amides is 1. The van der Waals surface area contributed by atoms with Crippen LogP contribution in [0.4, 0.5) is 5.82 Å². The predicted molar refractivity (Wildman–Crippen MR) is 119 cm³/mol. The quantitative estimate of drug-likeness (QED) is 0.497. The topological polar surface area (TPSA) is 99.8 Å². The van der Waals surface area contributed by atoms with Crippen molar-refractivity contribution in [2.45, 2.75) is 26.3 Å². The van der Waals surface area contributed by atoms with Crippen LogP contribution in [0.2, 0.25) is 0 Å². The molecule has 32 heavy (non-hydrogen) atoms. The SMILES string of the molecule is Cc1c(-c2ccc3c(c2)C(=O)Nc2cccc(n2)-c2nncn2CCCCO3)cnn1C. The summed E-state index contributed by atoms with van der Waals surface area (Å²) in [6.45, 7) is 3.27. The molecule has 1 aromatic carbocycles. The Bertz CT molecular complexity index is 1290. The number of benzene rings is 1. The van der Waals surface area contributed by atoms with Crippen LogP contribution >= 0.6 is 0 Å². The Kier molecular flexibility index (Phi) is 5.14. The second kappa shape index (κ2) is 8.26. The first-order valence-electron chi connectivity index (χ1n) is 10.5. The second-order valence-corrected chi connectivity index (χ2v) is 7.74. The summed E-state index contributed by atoms with van der Waals surface area (Å²) in [5.41, 5.74) is 4.02. The first-order chi connectivity index (χ1) is 15.6. The van der Waals surface area contributed by atoms with Gasteiger partial charge in [0.15, 0.2) is 5.82 Å². The maximum atomic E-state index is 13.3. The number of anilines is 1. The van der Waals surface area contributed by atoms with E-state index in [1.165, 1.54) is 0 Å². The predicted octanol–water partition coefficient (Wildman–Crippen LogP) is 3.47. The average Bonchev–Trinajstić information content (AvgIpc) is 3.40. The van der Waals surface area contributed by atoms with Crippen LogP contribution in [-0.2, 0) is 13.6 Å². The number of aromatic nitrogens is 6. The third kappa shape index (κ3) is 3.73. The summed E-state index contributed by atoms with van der Waals surface area (Å²) in [6.07, 6.45) is 5.22. The first kappa shape index (κ1) is 19.9. The van der Waals surface area contributed by atoms with E-state index in [0.29, 0.717) is 35.3 Å². The Balaban J connectivity index is 1.55. The summed E-state index contributed by atoms with van der Waals surface area (Å²) in [4.78, 5) is 17.9. The van der Waals surface area contributed by atoms with E-state index in [1.807, 2.05) is 53.6 Å². The smallest absolute Gasteiger partial charge is 0.260 e. The fourth-order valence-corrected chi connectivity index (χ4v) is 3.78. The molecule has 0 radical (unpaired) electrons. The molecule has 162 valence electrons. The summed E-state index contributed by atoms with van der Waals surface area (Å²) >= 11 is 0. The highest BCUT2D eigenvalue weighted by molar-refractivity contribution is 6.06. The molecule has 1 amide bonds. The first-order valence-corrected chi connectivity index (χ1v) is 10.5. The van der Waals surface area contributed by atoms with Gasteiger partial charge in [-0.05, 0) is 49.6 Å². The van der Waals surface area contributed by atoms with Crippen LogP contribution in [0.5, 0.6) is 5.75 Å². The van der Waals surface area contributed by atoms with Crippen LogP contribution in [0.15, 0.2) is 48.9 Å². The minimum absolute atomic E-state index is 0.286. The molecule has 0 saturated heterocycles. The molecule has 9 heteroatoms. The Morgan fingerprint density at radius 2 is 2.03 bits per heavy atom. The third-order valence-electron chi connectivity index (χ3n) is 5.66. The lowest BCUT2D eigenvalue weighted by atomic mass is 10.0. The molecular weight excluding hydrogens is 406 g/mol. The molecular formula is C23H23N7O2. The lowest BCUT2D eigenvalue weighted by Gasteiger charge is -2.15. The standard InChI is InChI=1S/C23H23N7O2/c1-15-18(13-25-29(15)2)16-8-9-20-17(12-16)23(31)27-21-7-5-6-19(26-21)22-28-24-14-30(22)10-3-4-11-32-20/h5-9,12-14H,3-4,10-11H2,1-2H3,(H,26,27,31). The minimum atomic E-state index is -0.286. The summed E-state index contributed by atoms with van der Waals surface area (Å²) in [5, 5.41) is 15.5. The Morgan fingerprint density at radius 3 is 2.88 bits per heavy atom. The van der Waals surface area contributed by atoms with E-state index >= 15 is 0 Å². The molecule has 0 spiro atoms. The van der Waals surface area contributed by atoms with Gasteiger partial charge in [-0.2, -0.15) is 5.10 Å². The van der Waals surface area contributed by atoms with E-state index in [0.717, 1.165) is 36.2 Å². The van der Waals surface area contributed by atoms with Crippen LogP contribution in [0.25, 0.3) is 22.6 Å². The number of hydrogen-bond acceptors (Lipinski definition) is 6. The summed E-state index contributed by atoms with van der Waals surface area (Å²) in [7, 11) is 1.90. The number of aryl methyl sites for hydroxylation is 2. The molecule has 0 unspecified atom stereocenters. The van der Waals surface area contributed by atoms with E-state index in [4.69, 9.17) is 4.74 Å². The number of fused-ring (bicyclic) bond motifs is 5. The number of pyridine rings is 1. The molecule has 5 rings (SSSR count). The summed E-state index contributed by atoms with van der Waals surface area (Å²) in [6, 6.07) is 11.1. The van der Waals surface area contributed by atoms with Gasteiger partial charge in [0.2, 0.25) is 0 Å². The fraction of sp³-hybridized carbons (Fsp3) is 0.261. The van der Waals surface area contributed by atoms with Crippen LogP contribution in [0, 0.1) is 6.92 Å². The van der Waals surface area contributed by atoms with E-state index in [-0.39, 0.29) is 5.91 Å². The zero-order valence-corrected chi connectivity index (χ0v) is 17.9. The van der Waals surface area contributed by atoms with Gasteiger partial charge in [-0.25, -0.2) is 4.98 Å². The number of rotatable bonds is 1. The second-order valence-electron chi connectivity index (χ2n) is 7.74. The van der Waals surface area contributed by atoms with Crippen LogP contribution < -0.4 is 10.1 Å². The molecule has 1 N–H and O–H groups in total. The van der Waals surface area contributed by atoms with Crippen molar-refractivity contribution in [2.75, 3.05) is 11.9 Å². The number of ether oxygens (including phenoxy) is 1. The van der Waals surface area contributed by atoms with Crippen molar-refractivity contribution in [1.29, 1.82) is 0 Å². The number of carbonyl (C=O) groups is 1. The molecule has 0 fully saturated rings. The molecule has 1 aliphatic heterocycles. The van der Waals surface area contributed by atoms with Gasteiger partial charge in [-0.1, -0.05) is 12.1 Å². The van der Waals surface area contributed by atoms with Crippen molar-refractivity contribution in [3.05, 3.63) is 60.2 Å².